The third-order valence-electron chi connectivity index (χ3n) is 4.30. The topological polar surface area (TPSA) is 67.4 Å². The lowest BCUT2D eigenvalue weighted by Gasteiger charge is -2.17. The SMILES string of the molecule is Cc1ccc(CSCCNC(=O)COc2ccc3c(c2)CCC(=O)N3)cc1. The van der Waals surface area contributed by atoms with Crippen molar-refractivity contribution in [2.24, 2.45) is 0 Å². The molecule has 0 atom stereocenters. The van der Waals surface area contributed by atoms with Gasteiger partial charge in [-0.1, -0.05) is 29.8 Å². The number of hydrogen-bond donors (Lipinski definition) is 2. The van der Waals surface area contributed by atoms with Crippen LogP contribution in [-0.2, 0) is 21.8 Å². The van der Waals surface area contributed by atoms with Crippen LogP contribution < -0.4 is 15.4 Å². The number of fused-ring (bicyclic) bond motifs is 1. The van der Waals surface area contributed by atoms with Gasteiger partial charge >= 0.3 is 0 Å². The molecule has 0 saturated carbocycles. The number of thioether (sulfide) groups is 1. The molecule has 0 radical (unpaired) electrons. The lowest BCUT2D eigenvalue weighted by atomic mass is 10.0. The second-order valence-electron chi connectivity index (χ2n) is 6.54. The van der Waals surface area contributed by atoms with Crippen LogP contribution in [0.5, 0.6) is 5.75 Å². The van der Waals surface area contributed by atoms with Crippen molar-refractivity contribution in [2.75, 3.05) is 24.2 Å². The third-order valence-corrected chi connectivity index (χ3v) is 5.33. The van der Waals surface area contributed by atoms with Crippen LogP contribution in [0.25, 0.3) is 0 Å². The summed E-state index contributed by atoms with van der Waals surface area (Å²) in [7, 11) is 0. The first kappa shape index (κ1) is 19.3. The summed E-state index contributed by atoms with van der Waals surface area (Å²) in [5, 5.41) is 5.70. The van der Waals surface area contributed by atoms with Crippen LogP contribution in [0.3, 0.4) is 0 Å². The standard InChI is InChI=1S/C21H24N2O3S/c1-15-2-4-16(5-3-15)14-27-11-10-22-21(25)13-26-18-7-8-19-17(12-18)6-9-20(24)23-19/h2-5,7-8,12H,6,9-11,13-14H2,1H3,(H,22,25)(H,23,24). The van der Waals surface area contributed by atoms with Crippen LogP contribution in [0.1, 0.15) is 23.1 Å². The molecule has 1 heterocycles. The van der Waals surface area contributed by atoms with Crippen LogP contribution in [0.15, 0.2) is 42.5 Å². The van der Waals surface area contributed by atoms with E-state index in [-0.39, 0.29) is 18.4 Å². The minimum absolute atomic E-state index is 0.00618. The van der Waals surface area contributed by atoms with Gasteiger partial charge < -0.3 is 15.4 Å². The molecule has 1 aliphatic rings. The van der Waals surface area contributed by atoms with Gasteiger partial charge in [0.1, 0.15) is 5.75 Å². The average molecular weight is 385 g/mol. The zero-order chi connectivity index (χ0) is 19.1. The predicted octanol–water partition coefficient (Wildman–Crippen LogP) is 3.31. The van der Waals surface area contributed by atoms with Crippen molar-refractivity contribution in [1.82, 2.24) is 5.32 Å². The maximum Gasteiger partial charge on any atom is 0.257 e. The molecule has 2 aromatic rings. The number of amides is 2. The summed E-state index contributed by atoms with van der Waals surface area (Å²) in [4.78, 5) is 23.3. The second-order valence-corrected chi connectivity index (χ2v) is 7.65. The Bertz CT molecular complexity index is 806. The number of aryl methyl sites for hydroxylation is 2. The van der Waals surface area contributed by atoms with E-state index in [4.69, 9.17) is 4.74 Å². The summed E-state index contributed by atoms with van der Waals surface area (Å²) in [6.07, 6.45) is 1.18. The molecule has 2 N–H and O–H groups in total. The largest absolute Gasteiger partial charge is 0.484 e. The van der Waals surface area contributed by atoms with E-state index < -0.39 is 0 Å². The second kappa shape index (κ2) is 9.46. The van der Waals surface area contributed by atoms with E-state index in [1.54, 1.807) is 17.8 Å². The van der Waals surface area contributed by atoms with Gasteiger partial charge in [0.05, 0.1) is 0 Å². The smallest absolute Gasteiger partial charge is 0.257 e. The highest BCUT2D eigenvalue weighted by Gasteiger charge is 2.15. The molecule has 0 aromatic heterocycles. The molecule has 0 bridgehead atoms. The van der Waals surface area contributed by atoms with Gasteiger partial charge in [-0.15, -0.1) is 0 Å². The van der Waals surface area contributed by atoms with Gasteiger partial charge in [-0.2, -0.15) is 11.8 Å². The molecule has 2 amide bonds. The number of carbonyl (C=O) groups is 2. The molecule has 3 rings (SSSR count). The Morgan fingerprint density at radius 2 is 2.00 bits per heavy atom. The van der Waals surface area contributed by atoms with Crippen molar-refractivity contribution in [2.45, 2.75) is 25.5 Å². The normalized spacial score (nSPS) is 12.9. The lowest BCUT2D eigenvalue weighted by molar-refractivity contribution is -0.123. The lowest BCUT2D eigenvalue weighted by Crippen LogP contribution is -2.30. The molecule has 2 aromatic carbocycles. The van der Waals surface area contributed by atoms with Gasteiger partial charge in [-0.05, 0) is 42.7 Å². The molecular weight excluding hydrogens is 360 g/mol. The van der Waals surface area contributed by atoms with Gasteiger partial charge in [0.15, 0.2) is 6.61 Å². The summed E-state index contributed by atoms with van der Waals surface area (Å²) in [5.74, 6) is 2.36. The van der Waals surface area contributed by atoms with E-state index in [2.05, 4.69) is 41.8 Å². The third kappa shape index (κ3) is 6.03. The Balaban J connectivity index is 1.33. The average Bonchev–Trinajstić information content (AvgIpc) is 2.67. The van der Waals surface area contributed by atoms with Crippen LogP contribution >= 0.6 is 11.8 Å². The number of ether oxygens (including phenoxy) is 1. The molecule has 142 valence electrons. The van der Waals surface area contributed by atoms with Crippen LogP contribution in [0, 0.1) is 6.92 Å². The maximum atomic E-state index is 11.9. The summed E-state index contributed by atoms with van der Waals surface area (Å²) in [6.45, 7) is 2.69. The van der Waals surface area contributed by atoms with Crippen LogP contribution in [0.4, 0.5) is 5.69 Å². The van der Waals surface area contributed by atoms with E-state index >= 15 is 0 Å². The van der Waals surface area contributed by atoms with Crippen molar-refractivity contribution in [3.8, 4) is 5.75 Å². The van der Waals surface area contributed by atoms with Crippen molar-refractivity contribution in [3.63, 3.8) is 0 Å². The predicted molar refractivity (Wildman–Crippen MR) is 109 cm³/mol. The molecule has 1 aliphatic heterocycles. The van der Waals surface area contributed by atoms with Gasteiger partial charge in [0.2, 0.25) is 5.91 Å². The van der Waals surface area contributed by atoms with Crippen molar-refractivity contribution in [3.05, 3.63) is 59.2 Å². The monoisotopic (exact) mass is 384 g/mol. The van der Waals surface area contributed by atoms with Crippen LogP contribution in [0.2, 0.25) is 0 Å². The van der Waals surface area contributed by atoms with Gasteiger partial charge in [-0.25, -0.2) is 0 Å². The van der Waals surface area contributed by atoms with E-state index in [1.165, 1.54) is 11.1 Å². The highest BCUT2D eigenvalue weighted by atomic mass is 32.2. The Morgan fingerprint density at radius 1 is 1.19 bits per heavy atom. The molecule has 0 aliphatic carbocycles. The number of benzene rings is 2. The molecule has 0 saturated heterocycles. The molecule has 0 fully saturated rings. The summed E-state index contributed by atoms with van der Waals surface area (Å²) in [6, 6.07) is 14.0. The van der Waals surface area contributed by atoms with Gasteiger partial charge in [-0.3, -0.25) is 9.59 Å². The van der Waals surface area contributed by atoms with E-state index in [9.17, 15) is 9.59 Å². The Morgan fingerprint density at radius 3 is 2.81 bits per heavy atom. The quantitative estimate of drug-likeness (QED) is 0.685. The fraction of sp³-hybridized carbons (Fsp3) is 0.333. The van der Waals surface area contributed by atoms with E-state index in [1.807, 2.05) is 12.1 Å². The fourth-order valence-electron chi connectivity index (χ4n) is 2.79. The van der Waals surface area contributed by atoms with Crippen molar-refractivity contribution in [1.29, 1.82) is 0 Å². The molecule has 5 nitrogen and oxygen atoms in total. The van der Waals surface area contributed by atoms with Crippen molar-refractivity contribution < 1.29 is 14.3 Å². The fourth-order valence-corrected chi connectivity index (χ4v) is 3.61. The first-order valence-corrected chi connectivity index (χ1v) is 10.2. The molecule has 6 heteroatoms. The summed E-state index contributed by atoms with van der Waals surface area (Å²) >= 11 is 1.79. The highest BCUT2D eigenvalue weighted by Crippen LogP contribution is 2.26. The van der Waals surface area contributed by atoms with Gasteiger partial charge in [0.25, 0.3) is 5.91 Å². The zero-order valence-corrected chi connectivity index (χ0v) is 16.2. The van der Waals surface area contributed by atoms with Crippen molar-refractivity contribution >= 4 is 29.3 Å². The Labute approximate surface area is 163 Å². The summed E-state index contributed by atoms with van der Waals surface area (Å²) < 4.78 is 5.57. The minimum Gasteiger partial charge on any atom is -0.484 e. The number of nitrogens with one attached hydrogen (secondary N) is 2. The minimum atomic E-state index is -0.128. The Kier molecular flexibility index (Phi) is 6.76. The summed E-state index contributed by atoms with van der Waals surface area (Å²) in [5.41, 5.74) is 4.43. The number of rotatable bonds is 8. The maximum absolute atomic E-state index is 11.9. The molecule has 0 spiro atoms. The van der Waals surface area contributed by atoms with E-state index in [0.29, 0.717) is 25.1 Å². The highest BCUT2D eigenvalue weighted by molar-refractivity contribution is 7.98. The van der Waals surface area contributed by atoms with Crippen LogP contribution in [-0.4, -0.2) is 30.7 Å². The number of hydrogen-bond acceptors (Lipinski definition) is 4. The molecular formula is C21H24N2O3S. The van der Waals surface area contributed by atoms with E-state index in [0.717, 1.165) is 22.8 Å². The number of anilines is 1. The Hall–Kier alpha value is -2.47. The zero-order valence-electron chi connectivity index (χ0n) is 15.4. The molecule has 0 unspecified atom stereocenters. The molecule has 27 heavy (non-hydrogen) atoms. The first-order chi connectivity index (χ1) is 13.1. The first-order valence-electron chi connectivity index (χ1n) is 9.06. The van der Waals surface area contributed by atoms with Gasteiger partial charge in [0, 0.05) is 30.2 Å². The number of carbonyl (C=O) groups excluding carboxylic acids is 2.